The molecule has 3 aromatic rings. The van der Waals surface area contributed by atoms with Crippen LogP contribution in [-0.2, 0) is 11.3 Å². The molecule has 3 N–H and O–H groups in total. The van der Waals surface area contributed by atoms with Crippen LogP contribution in [0.3, 0.4) is 0 Å². The van der Waals surface area contributed by atoms with Crippen molar-refractivity contribution in [2.24, 2.45) is 0 Å². The second kappa shape index (κ2) is 8.74. The van der Waals surface area contributed by atoms with E-state index in [-0.39, 0.29) is 17.8 Å². The summed E-state index contributed by atoms with van der Waals surface area (Å²) < 4.78 is 12.9. The molecule has 1 atom stereocenters. The lowest BCUT2D eigenvalue weighted by molar-refractivity contribution is -0.676. The SMILES string of the molecule is Cc1ccc([C@@H]([NH2+]CC(=O)NCc2ccc(F)cc2)c2cccs2)cc1. The van der Waals surface area contributed by atoms with Gasteiger partial charge in [0.25, 0.3) is 5.91 Å². The van der Waals surface area contributed by atoms with Gasteiger partial charge in [-0.3, -0.25) is 4.79 Å². The van der Waals surface area contributed by atoms with E-state index in [1.807, 2.05) is 6.07 Å². The Bertz CT molecular complexity index is 829. The van der Waals surface area contributed by atoms with Gasteiger partial charge in [0.1, 0.15) is 11.9 Å². The highest BCUT2D eigenvalue weighted by Crippen LogP contribution is 2.22. The molecule has 1 amide bonds. The molecule has 0 unspecified atom stereocenters. The first kappa shape index (κ1) is 18.3. The van der Waals surface area contributed by atoms with Gasteiger partial charge in [0.15, 0.2) is 6.54 Å². The third-order valence-corrected chi connectivity index (χ3v) is 5.18. The van der Waals surface area contributed by atoms with Crippen LogP contribution in [0.15, 0.2) is 66.0 Å². The van der Waals surface area contributed by atoms with Crippen molar-refractivity contribution in [3.8, 4) is 0 Å². The summed E-state index contributed by atoms with van der Waals surface area (Å²) in [5.74, 6) is -0.312. The van der Waals surface area contributed by atoms with Gasteiger partial charge in [0.05, 0.1) is 4.88 Å². The van der Waals surface area contributed by atoms with Crippen molar-refractivity contribution in [2.75, 3.05) is 6.54 Å². The molecule has 0 aliphatic rings. The summed E-state index contributed by atoms with van der Waals surface area (Å²) in [5.41, 5.74) is 3.29. The van der Waals surface area contributed by atoms with Crippen molar-refractivity contribution in [3.63, 3.8) is 0 Å². The zero-order valence-electron chi connectivity index (χ0n) is 14.6. The Morgan fingerprint density at radius 2 is 1.85 bits per heavy atom. The fourth-order valence-electron chi connectivity index (χ4n) is 2.76. The fraction of sp³-hybridized carbons (Fsp3) is 0.190. The molecule has 3 nitrogen and oxygen atoms in total. The minimum atomic E-state index is -0.273. The Hall–Kier alpha value is -2.50. The lowest BCUT2D eigenvalue weighted by atomic mass is 10.0. The van der Waals surface area contributed by atoms with Gasteiger partial charge in [-0.2, -0.15) is 0 Å². The number of thiophene rings is 1. The monoisotopic (exact) mass is 369 g/mol. The number of rotatable bonds is 7. The molecule has 0 radical (unpaired) electrons. The van der Waals surface area contributed by atoms with Crippen LogP contribution in [0.1, 0.15) is 27.6 Å². The molecule has 2 aromatic carbocycles. The molecule has 1 aromatic heterocycles. The van der Waals surface area contributed by atoms with Gasteiger partial charge >= 0.3 is 0 Å². The molecule has 1 heterocycles. The number of benzene rings is 2. The molecule has 0 bridgehead atoms. The number of amides is 1. The van der Waals surface area contributed by atoms with Gasteiger partial charge < -0.3 is 10.6 Å². The van der Waals surface area contributed by atoms with Crippen molar-refractivity contribution < 1.29 is 14.5 Å². The van der Waals surface area contributed by atoms with Gasteiger partial charge in [-0.05, 0) is 36.1 Å². The van der Waals surface area contributed by atoms with Crippen LogP contribution < -0.4 is 10.6 Å². The lowest BCUT2D eigenvalue weighted by Crippen LogP contribution is -2.87. The zero-order chi connectivity index (χ0) is 18.4. The number of aryl methyl sites for hydroxylation is 1. The standard InChI is InChI=1S/C21H21FN2OS/c1-15-4-8-17(9-5-15)21(19-3-2-12-26-19)24-14-20(25)23-13-16-6-10-18(22)11-7-16/h2-12,21,24H,13-14H2,1H3,(H,23,25)/p+1/t21-/m1/s1. The maximum atomic E-state index is 12.9. The van der Waals surface area contributed by atoms with Crippen LogP contribution in [0.4, 0.5) is 4.39 Å². The first-order chi connectivity index (χ1) is 12.6. The summed E-state index contributed by atoms with van der Waals surface area (Å²) in [6.45, 7) is 2.80. The van der Waals surface area contributed by atoms with Crippen LogP contribution in [0.5, 0.6) is 0 Å². The minimum Gasteiger partial charge on any atom is -0.347 e. The van der Waals surface area contributed by atoms with E-state index in [0.29, 0.717) is 13.1 Å². The van der Waals surface area contributed by atoms with Crippen LogP contribution >= 0.6 is 11.3 Å². The largest absolute Gasteiger partial charge is 0.347 e. The maximum Gasteiger partial charge on any atom is 0.275 e. The van der Waals surface area contributed by atoms with Crippen LogP contribution in [0.25, 0.3) is 0 Å². The Balaban J connectivity index is 1.59. The first-order valence-corrected chi connectivity index (χ1v) is 9.44. The second-order valence-electron chi connectivity index (χ2n) is 6.25. The van der Waals surface area contributed by atoms with Crippen molar-refractivity contribution in [2.45, 2.75) is 19.5 Å². The number of halogens is 1. The van der Waals surface area contributed by atoms with E-state index >= 15 is 0 Å². The van der Waals surface area contributed by atoms with Gasteiger partial charge in [-0.15, -0.1) is 11.3 Å². The zero-order valence-corrected chi connectivity index (χ0v) is 15.4. The van der Waals surface area contributed by atoms with E-state index < -0.39 is 0 Å². The van der Waals surface area contributed by atoms with E-state index in [2.05, 4.69) is 53.3 Å². The number of quaternary nitrogens is 1. The molecule has 0 fully saturated rings. The Morgan fingerprint density at radius 3 is 2.50 bits per heavy atom. The summed E-state index contributed by atoms with van der Waals surface area (Å²) in [5, 5.41) is 7.00. The van der Waals surface area contributed by atoms with Crippen LogP contribution in [0.2, 0.25) is 0 Å². The lowest BCUT2D eigenvalue weighted by Gasteiger charge is -2.15. The smallest absolute Gasteiger partial charge is 0.275 e. The van der Waals surface area contributed by atoms with Gasteiger partial charge in [-0.1, -0.05) is 48.0 Å². The summed E-state index contributed by atoms with van der Waals surface area (Å²) in [6, 6.07) is 18.8. The van der Waals surface area contributed by atoms with Gasteiger partial charge in [0.2, 0.25) is 0 Å². The normalized spacial score (nSPS) is 11.9. The minimum absolute atomic E-state index is 0.0389. The number of hydrogen-bond acceptors (Lipinski definition) is 2. The molecule has 0 saturated carbocycles. The number of carbonyl (C=O) groups excluding carboxylic acids is 1. The quantitative estimate of drug-likeness (QED) is 0.660. The predicted molar refractivity (Wildman–Crippen MR) is 102 cm³/mol. The highest BCUT2D eigenvalue weighted by atomic mass is 32.1. The number of nitrogens with two attached hydrogens (primary N) is 1. The van der Waals surface area contributed by atoms with Crippen molar-refractivity contribution in [1.82, 2.24) is 5.32 Å². The van der Waals surface area contributed by atoms with E-state index in [1.165, 1.54) is 28.1 Å². The second-order valence-corrected chi connectivity index (χ2v) is 7.23. The molecule has 0 aliphatic carbocycles. The number of carbonyl (C=O) groups is 1. The van der Waals surface area contributed by atoms with Crippen molar-refractivity contribution in [3.05, 3.63) is 93.4 Å². The molecule has 0 saturated heterocycles. The molecular weight excluding hydrogens is 347 g/mol. The average Bonchev–Trinajstić information content (AvgIpc) is 3.17. The molecule has 0 aliphatic heterocycles. The summed E-state index contributed by atoms with van der Waals surface area (Å²) >= 11 is 1.69. The first-order valence-electron chi connectivity index (χ1n) is 8.56. The third-order valence-electron chi connectivity index (χ3n) is 4.23. The van der Waals surface area contributed by atoms with Gasteiger partial charge in [0, 0.05) is 12.1 Å². The molecule has 0 spiro atoms. The molecule has 26 heavy (non-hydrogen) atoms. The van der Waals surface area contributed by atoms with Crippen molar-refractivity contribution >= 4 is 17.2 Å². The summed E-state index contributed by atoms with van der Waals surface area (Å²) in [6.07, 6.45) is 0. The number of hydrogen-bond donors (Lipinski definition) is 2. The third kappa shape index (κ3) is 5.00. The van der Waals surface area contributed by atoms with E-state index in [1.54, 1.807) is 23.5 Å². The Morgan fingerprint density at radius 1 is 1.12 bits per heavy atom. The molecule has 5 heteroatoms. The molecule has 134 valence electrons. The summed E-state index contributed by atoms with van der Waals surface area (Å²) in [4.78, 5) is 13.5. The van der Waals surface area contributed by atoms with Gasteiger partial charge in [-0.25, -0.2) is 4.39 Å². The fourth-order valence-corrected chi connectivity index (χ4v) is 3.61. The maximum absolute atomic E-state index is 12.9. The van der Waals surface area contributed by atoms with Crippen molar-refractivity contribution in [1.29, 1.82) is 0 Å². The Kier molecular flexibility index (Phi) is 6.15. The van der Waals surface area contributed by atoms with Crippen LogP contribution in [0, 0.1) is 12.7 Å². The predicted octanol–water partition coefficient (Wildman–Crippen LogP) is 3.16. The Labute approximate surface area is 156 Å². The highest BCUT2D eigenvalue weighted by molar-refractivity contribution is 7.10. The number of nitrogens with one attached hydrogen (secondary N) is 1. The molecular formula is C21H22FN2OS+. The average molecular weight is 369 g/mol. The van der Waals surface area contributed by atoms with E-state index in [0.717, 1.165) is 5.56 Å². The van der Waals surface area contributed by atoms with E-state index in [9.17, 15) is 9.18 Å². The highest BCUT2D eigenvalue weighted by Gasteiger charge is 2.19. The summed E-state index contributed by atoms with van der Waals surface area (Å²) in [7, 11) is 0. The topological polar surface area (TPSA) is 45.7 Å². The van der Waals surface area contributed by atoms with E-state index in [4.69, 9.17) is 0 Å². The molecule has 3 rings (SSSR count). The van der Waals surface area contributed by atoms with Crippen LogP contribution in [-0.4, -0.2) is 12.5 Å².